The van der Waals surface area contributed by atoms with Crippen LogP contribution < -0.4 is 77.7 Å². The van der Waals surface area contributed by atoms with Crippen LogP contribution in [0.25, 0.3) is 22.7 Å². The molecule has 0 saturated carbocycles. The SMILES string of the molecule is C.Cc1ccc[n+](-c2c(O)[nH]c(=O)c(N=Nc3ccccc3C(=O)OCC(COC(=O)c3ccccc3N=Nc3c(C)c(-[n+]4cccc(C)c4)c(O)[nH]c3=O)(COC(=O)c3ccccc3N=Nc3c(C)c(-[n+]4cccc(C)c4)c(O)[nH]c3=O)COC(=O)c3ccccc3N=Nc3c(C)c(-[n+]4cccc(C)c4)c(O)[nH]c3=O)c2C)c1.[Cl-].[Cl-].[Cl-]. The van der Waals surface area contributed by atoms with Gasteiger partial charge in [-0.25, -0.2) is 19.2 Å². The van der Waals surface area contributed by atoms with Gasteiger partial charge in [0.2, 0.25) is 0 Å². The summed E-state index contributed by atoms with van der Waals surface area (Å²) in [4.78, 5) is 124. The molecule has 8 aromatic heterocycles. The Balaban J connectivity index is 0.00000427. The molecule has 0 fully saturated rings. The maximum Gasteiger partial charge on any atom is 0.340 e. The monoisotopic (exact) mass is 1650 g/mol. The molecule has 0 spiro atoms. The molecular weight excluding hydrogens is 1570 g/mol. The number of benzene rings is 4. The molecular formula is C82H76Cl3N16O16+. The number of aryl methyl sites for hydroxylation is 4. The summed E-state index contributed by atoms with van der Waals surface area (Å²) in [7, 11) is 0. The Hall–Kier alpha value is -14.4. The van der Waals surface area contributed by atoms with Gasteiger partial charge in [0.05, 0.1) is 44.5 Å². The van der Waals surface area contributed by atoms with Crippen LogP contribution in [0.2, 0.25) is 0 Å². The molecule has 0 amide bonds. The lowest BCUT2D eigenvalue weighted by atomic mass is 9.91. The number of carbonyl (C=O) groups is 4. The fourth-order valence-corrected chi connectivity index (χ4v) is 12.2. The van der Waals surface area contributed by atoms with Crippen LogP contribution in [0.3, 0.4) is 0 Å². The molecule has 0 atom stereocenters. The zero-order valence-electron chi connectivity index (χ0n) is 63.0. The van der Waals surface area contributed by atoms with Crippen LogP contribution in [0, 0.1) is 60.8 Å². The van der Waals surface area contributed by atoms with E-state index >= 15 is 0 Å². The molecule has 0 bridgehead atoms. The molecule has 8 N–H and O–H groups in total. The molecule has 0 aliphatic heterocycles. The minimum atomic E-state index is -2.20. The molecule has 32 nitrogen and oxygen atoms in total. The van der Waals surface area contributed by atoms with Crippen molar-refractivity contribution in [3.63, 3.8) is 0 Å². The molecule has 0 aliphatic rings. The summed E-state index contributed by atoms with van der Waals surface area (Å²) in [5.74, 6) is -6.41. The van der Waals surface area contributed by atoms with Crippen molar-refractivity contribution in [2.75, 3.05) is 26.4 Å². The van der Waals surface area contributed by atoms with Crippen molar-refractivity contribution in [1.82, 2.24) is 19.9 Å². The summed E-state index contributed by atoms with van der Waals surface area (Å²) in [6.45, 7) is 9.67. The minimum Gasteiger partial charge on any atom is -1.00 e. The topological polar surface area (TPSA) is 432 Å². The molecule has 12 aromatic rings. The summed E-state index contributed by atoms with van der Waals surface area (Å²) in [6.07, 6.45) is 13.5. The van der Waals surface area contributed by atoms with Crippen molar-refractivity contribution >= 4 is 69.4 Å². The first-order valence-electron chi connectivity index (χ1n) is 34.7. The summed E-state index contributed by atoms with van der Waals surface area (Å²) < 4.78 is 30.9. The van der Waals surface area contributed by atoms with Crippen LogP contribution >= 0.6 is 0 Å². The lowest BCUT2D eigenvalue weighted by Gasteiger charge is -2.31. The summed E-state index contributed by atoms with van der Waals surface area (Å²) in [5.41, 5.74) is -3.32. The molecule has 0 radical (unpaired) electrons. The van der Waals surface area contributed by atoms with Crippen molar-refractivity contribution in [2.24, 2.45) is 46.3 Å². The van der Waals surface area contributed by atoms with Crippen molar-refractivity contribution < 1.29 is 114 Å². The van der Waals surface area contributed by atoms with E-state index in [1.807, 2.05) is 52.0 Å². The van der Waals surface area contributed by atoms with E-state index in [1.165, 1.54) is 97.1 Å². The number of aromatic hydroxyl groups is 4. The number of H-pyrrole nitrogens is 4. The molecule has 8 heterocycles. The van der Waals surface area contributed by atoms with Crippen LogP contribution in [0.5, 0.6) is 23.5 Å². The number of esters is 4. The molecule has 600 valence electrons. The number of azo groups is 4. The predicted molar refractivity (Wildman–Crippen MR) is 412 cm³/mol. The Morgan fingerprint density at radius 1 is 0.316 bits per heavy atom. The Bertz CT molecular complexity index is 5460. The standard InChI is InChI=1S/C81H68N16O16.CH4.3ClH/c1-45-21-17-33-94(37-45)65-49(5)61(69(98)82-73(65)102)90-86-57-29-13-9-25-53(57)77(106)110-41-81(42-111-78(107)54-26-10-14-30-58(54)87-91-62-50(6)66(74(103)83-70(62)99)95-34-18-22-46(2)38-95,43-112-79(108)55-27-11-15-31-59(55)88-92-63-51(7)67(75(104)84-71(63)100)96-35-19-23-47(3)39-96)44-113-80(109)56-28-12-16-32-60(56)89-93-64-52(8)68(76(105)85-72(64)101)97-36-20-24-48(4)40-97;;;;/h9-40H,41-44H2,1-8H3,(H4-4,82,83,84,85,86,87,88,89,98,99,100,101,102,103,104,105,106,107,108,109);1H4;3*1H/p+1. The molecule has 0 aliphatic carbocycles. The Labute approximate surface area is 684 Å². The van der Waals surface area contributed by atoms with Gasteiger partial charge in [0.25, 0.3) is 68.5 Å². The van der Waals surface area contributed by atoms with Gasteiger partial charge in [0.1, 0.15) is 54.6 Å². The zero-order chi connectivity index (χ0) is 80.4. The van der Waals surface area contributed by atoms with Crippen molar-refractivity contribution in [3.05, 3.63) is 303 Å². The predicted octanol–water partition coefficient (Wildman–Crippen LogP) is 3.86. The van der Waals surface area contributed by atoms with Gasteiger partial charge in [-0.1, -0.05) is 56.0 Å². The Morgan fingerprint density at radius 2 is 0.513 bits per heavy atom. The average Bonchev–Trinajstić information content (AvgIpc) is 0.805. The van der Waals surface area contributed by atoms with Gasteiger partial charge in [-0.05, 0) is 128 Å². The number of aromatic nitrogens is 8. The lowest BCUT2D eigenvalue weighted by Crippen LogP contribution is -3.00. The molecule has 4 aromatic carbocycles. The second-order valence-corrected chi connectivity index (χ2v) is 26.3. The van der Waals surface area contributed by atoms with Gasteiger partial charge in [-0.15, -0.1) is 40.9 Å². The Morgan fingerprint density at radius 3 is 0.709 bits per heavy atom. The van der Waals surface area contributed by atoms with E-state index in [2.05, 4.69) is 60.8 Å². The third kappa shape index (κ3) is 19.8. The smallest absolute Gasteiger partial charge is 0.340 e. The average molecular weight is 1650 g/mol. The van der Waals surface area contributed by atoms with Gasteiger partial charge in [0, 0.05) is 46.5 Å². The van der Waals surface area contributed by atoms with Crippen LogP contribution in [-0.2, 0) is 18.9 Å². The highest BCUT2D eigenvalue weighted by Crippen LogP contribution is 2.35. The van der Waals surface area contributed by atoms with E-state index in [-0.39, 0.29) is 157 Å². The van der Waals surface area contributed by atoms with Crippen LogP contribution in [0.1, 0.15) is 93.4 Å². The van der Waals surface area contributed by atoms with Crippen molar-refractivity contribution in [1.29, 1.82) is 0 Å². The maximum absolute atomic E-state index is 15.0. The van der Waals surface area contributed by atoms with Gasteiger partial charge in [-0.2, -0.15) is 18.3 Å². The number of rotatable bonds is 24. The summed E-state index contributed by atoms with van der Waals surface area (Å²) in [5, 5.41) is 78.3. The Kier molecular flexibility index (Phi) is 29.0. The highest BCUT2D eigenvalue weighted by atomic mass is 35.5. The number of ether oxygens (including phenoxy) is 4. The summed E-state index contributed by atoms with van der Waals surface area (Å²) in [6, 6.07) is 37.1. The number of nitrogens with one attached hydrogen (secondary N) is 4. The maximum atomic E-state index is 15.0. The van der Waals surface area contributed by atoms with E-state index in [4.69, 9.17) is 18.9 Å². The number of hydrogen-bond donors (Lipinski definition) is 8. The van der Waals surface area contributed by atoms with E-state index in [0.29, 0.717) is 0 Å². The number of aromatic amines is 4. The minimum absolute atomic E-state index is 0. The molecule has 0 saturated heterocycles. The zero-order valence-corrected chi connectivity index (χ0v) is 65.3. The highest BCUT2D eigenvalue weighted by molar-refractivity contribution is 5.97. The van der Waals surface area contributed by atoms with Crippen molar-refractivity contribution in [2.45, 2.75) is 62.8 Å². The first-order chi connectivity index (χ1) is 54.3. The molecule has 12 rings (SSSR count). The fraction of sp³-hybridized carbons (Fsp3) is 0.171. The number of pyridine rings is 8. The fourth-order valence-electron chi connectivity index (χ4n) is 12.2. The van der Waals surface area contributed by atoms with E-state index in [0.717, 1.165) is 22.3 Å². The van der Waals surface area contributed by atoms with E-state index in [9.17, 15) is 58.8 Å². The van der Waals surface area contributed by atoms with Gasteiger partial charge >= 0.3 is 23.9 Å². The van der Waals surface area contributed by atoms with Crippen LogP contribution in [-0.4, -0.2) is 90.7 Å². The quantitative estimate of drug-likeness (QED) is 0.0184. The van der Waals surface area contributed by atoms with Gasteiger partial charge < -0.3 is 76.6 Å². The summed E-state index contributed by atoms with van der Waals surface area (Å²) >= 11 is 0. The molecule has 0 unspecified atom stereocenters. The second-order valence-electron chi connectivity index (χ2n) is 26.3. The molecule has 117 heavy (non-hydrogen) atoms. The number of nitrogens with zero attached hydrogens (tertiary/aromatic N) is 12. The van der Waals surface area contributed by atoms with Crippen LogP contribution in [0.15, 0.2) is 255 Å². The third-order valence-corrected chi connectivity index (χ3v) is 17.9. The highest BCUT2D eigenvalue weighted by Gasteiger charge is 2.40. The normalized spacial score (nSPS) is 11.6. The van der Waals surface area contributed by atoms with Gasteiger partial charge in [0.15, 0.2) is 72.3 Å². The van der Waals surface area contributed by atoms with E-state index < -0.39 is 101 Å². The number of hydrogen-bond acceptors (Lipinski definition) is 24. The third-order valence-electron chi connectivity index (χ3n) is 17.9. The molecule has 35 heteroatoms. The first kappa shape index (κ1) is 88.2. The van der Waals surface area contributed by atoms with Gasteiger partial charge in [-0.3, -0.25) is 39.1 Å². The largest absolute Gasteiger partial charge is 1.00 e. The second kappa shape index (κ2) is 38.4. The number of halogens is 3. The van der Waals surface area contributed by atoms with E-state index in [1.54, 1.807) is 120 Å². The lowest BCUT2D eigenvalue weighted by molar-refractivity contribution is -0.597. The number of carbonyl (C=O) groups excluding carboxylic acids is 4. The first-order valence-corrected chi connectivity index (χ1v) is 34.7. The van der Waals surface area contributed by atoms with Crippen molar-refractivity contribution in [3.8, 4) is 46.3 Å². The van der Waals surface area contributed by atoms with Crippen LogP contribution in [0.4, 0.5) is 45.5 Å².